The molecule has 2 fully saturated rings. The zero-order valence-electron chi connectivity index (χ0n) is 13.5. The Labute approximate surface area is 140 Å². The van der Waals surface area contributed by atoms with Gasteiger partial charge in [-0.25, -0.2) is 4.79 Å². The van der Waals surface area contributed by atoms with Gasteiger partial charge in [-0.15, -0.1) is 0 Å². The van der Waals surface area contributed by atoms with E-state index in [-0.39, 0.29) is 24.2 Å². The first-order valence-corrected chi connectivity index (χ1v) is 8.57. The normalized spacial score (nSPS) is 25.9. The maximum Gasteiger partial charge on any atom is 0.322 e. The van der Waals surface area contributed by atoms with E-state index in [1.807, 2.05) is 17.0 Å². The molecule has 2 N–H and O–H groups in total. The van der Waals surface area contributed by atoms with Crippen LogP contribution in [0.5, 0.6) is 0 Å². The molecule has 1 saturated heterocycles. The van der Waals surface area contributed by atoms with E-state index in [4.69, 9.17) is 0 Å². The van der Waals surface area contributed by atoms with Gasteiger partial charge in [0.05, 0.1) is 0 Å². The number of nitrogens with zero attached hydrogens (tertiary/aromatic N) is 1. The van der Waals surface area contributed by atoms with E-state index in [1.165, 1.54) is 11.1 Å². The van der Waals surface area contributed by atoms with Gasteiger partial charge in [0.15, 0.2) is 0 Å². The maximum absolute atomic E-state index is 12.6. The summed E-state index contributed by atoms with van der Waals surface area (Å²) >= 11 is 0. The number of carbonyl (C=O) groups is 3. The summed E-state index contributed by atoms with van der Waals surface area (Å²) in [4.78, 5) is 38.2. The van der Waals surface area contributed by atoms with Gasteiger partial charge in [0.2, 0.25) is 5.91 Å². The fraction of sp³-hybridized carbons (Fsp3) is 0.500. The molecule has 1 aliphatic carbocycles. The lowest BCUT2D eigenvalue weighted by Crippen LogP contribution is -2.50. The first kappa shape index (κ1) is 15.2. The summed E-state index contributed by atoms with van der Waals surface area (Å²) in [6.45, 7) is 1.34. The predicted molar refractivity (Wildman–Crippen MR) is 86.9 cm³/mol. The molecular formula is C18H21N3O3. The summed E-state index contributed by atoms with van der Waals surface area (Å²) in [5.41, 5.74) is 1.62. The number of urea groups is 1. The van der Waals surface area contributed by atoms with Crippen LogP contribution < -0.4 is 10.6 Å². The van der Waals surface area contributed by atoms with Crippen molar-refractivity contribution in [3.8, 4) is 0 Å². The Morgan fingerprint density at radius 3 is 2.62 bits per heavy atom. The monoisotopic (exact) mass is 327 g/mol. The van der Waals surface area contributed by atoms with Gasteiger partial charge in [0, 0.05) is 19.5 Å². The second kappa shape index (κ2) is 5.61. The van der Waals surface area contributed by atoms with Crippen molar-refractivity contribution in [1.29, 1.82) is 0 Å². The second-order valence-electron chi connectivity index (χ2n) is 6.99. The first-order valence-electron chi connectivity index (χ1n) is 8.57. The molecule has 0 aromatic heterocycles. The van der Waals surface area contributed by atoms with Crippen LogP contribution in [0.15, 0.2) is 24.3 Å². The molecular weight excluding hydrogens is 306 g/mol. The molecule has 24 heavy (non-hydrogen) atoms. The van der Waals surface area contributed by atoms with Gasteiger partial charge in [0.1, 0.15) is 5.54 Å². The Bertz CT molecular complexity index is 713. The summed E-state index contributed by atoms with van der Waals surface area (Å²) < 4.78 is 0. The van der Waals surface area contributed by atoms with Crippen LogP contribution in [-0.2, 0) is 22.6 Å². The number of carbonyl (C=O) groups excluding carboxylic acids is 3. The summed E-state index contributed by atoms with van der Waals surface area (Å²) in [5.74, 6) is -0.0518. The van der Waals surface area contributed by atoms with Crippen molar-refractivity contribution in [2.75, 3.05) is 6.54 Å². The molecule has 4 rings (SSSR count). The molecule has 6 heteroatoms. The van der Waals surface area contributed by atoms with Gasteiger partial charge < -0.3 is 10.2 Å². The number of rotatable bonds is 4. The fourth-order valence-electron chi connectivity index (χ4n) is 3.92. The summed E-state index contributed by atoms with van der Waals surface area (Å²) in [5, 5.41) is 5.11. The number of nitrogens with one attached hydrogen (secondary N) is 2. The fourth-order valence-corrected chi connectivity index (χ4v) is 3.92. The number of imide groups is 1. The predicted octanol–water partition coefficient (Wildman–Crippen LogP) is 1.34. The second-order valence-corrected chi connectivity index (χ2v) is 6.99. The molecule has 1 aromatic carbocycles. The molecule has 1 saturated carbocycles. The molecule has 0 radical (unpaired) electrons. The van der Waals surface area contributed by atoms with Crippen LogP contribution in [0.3, 0.4) is 0 Å². The number of fused-ring (bicyclic) bond motifs is 1. The van der Waals surface area contributed by atoms with Crippen molar-refractivity contribution in [2.24, 2.45) is 5.92 Å². The molecule has 0 spiro atoms. The minimum atomic E-state index is -0.875. The lowest BCUT2D eigenvalue weighted by Gasteiger charge is -2.31. The Balaban J connectivity index is 1.42. The summed E-state index contributed by atoms with van der Waals surface area (Å²) in [6.07, 6.45) is 3.39. The van der Waals surface area contributed by atoms with Crippen molar-refractivity contribution in [1.82, 2.24) is 15.5 Å². The van der Waals surface area contributed by atoms with Gasteiger partial charge in [-0.3, -0.25) is 14.9 Å². The Kier molecular flexibility index (Phi) is 3.55. The smallest absolute Gasteiger partial charge is 0.322 e. The molecule has 2 heterocycles. The highest BCUT2D eigenvalue weighted by molar-refractivity contribution is 6.07. The number of hydrogen-bond donors (Lipinski definition) is 2. The lowest BCUT2D eigenvalue weighted by atomic mass is 9.87. The Morgan fingerprint density at radius 1 is 1.21 bits per heavy atom. The summed E-state index contributed by atoms with van der Waals surface area (Å²) in [7, 11) is 0. The standard InChI is InChI=1S/C18H21N3O3/c22-15(21-10-8-12-3-1-2-4-13(12)11-21)7-9-18(14-5-6-14)16(23)19-17(24)20-18/h1-4,14H,5-11H2,(H2,19,20,23,24)/t18-/m0/s1. The highest BCUT2D eigenvalue weighted by atomic mass is 16.2. The van der Waals surface area contributed by atoms with Crippen LogP contribution in [-0.4, -0.2) is 34.8 Å². The topological polar surface area (TPSA) is 78.5 Å². The zero-order valence-corrected chi connectivity index (χ0v) is 13.5. The molecule has 3 aliphatic rings. The average Bonchev–Trinajstić information content (AvgIpc) is 3.39. The van der Waals surface area contributed by atoms with E-state index in [0.717, 1.165) is 19.3 Å². The SMILES string of the molecule is O=C1NC(=O)[C@](CCC(=O)N2CCc3ccccc3C2)(C2CC2)N1. The minimum absolute atomic E-state index is 0.0541. The van der Waals surface area contributed by atoms with E-state index >= 15 is 0 Å². The third kappa shape index (κ3) is 2.56. The van der Waals surface area contributed by atoms with Gasteiger partial charge in [-0.1, -0.05) is 24.3 Å². The third-order valence-corrected chi connectivity index (χ3v) is 5.46. The van der Waals surface area contributed by atoms with Crippen molar-refractivity contribution in [3.05, 3.63) is 35.4 Å². The van der Waals surface area contributed by atoms with Crippen LogP contribution >= 0.6 is 0 Å². The van der Waals surface area contributed by atoms with Crippen molar-refractivity contribution < 1.29 is 14.4 Å². The lowest BCUT2D eigenvalue weighted by molar-refractivity contribution is -0.133. The molecule has 4 amide bonds. The van der Waals surface area contributed by atoms with E-state index in [2.05, 4.69) is 22.8 Å². The number of hydrogen-bond acceptors (Lipinski definition) is 3. The molecule has 2 aliphatic heterocycles. The van der Waals surface area contributed by atoms with Crippen molar-refractivity contribution in [3.63, 3.8) is 0 Å². The quantitative estimate of drug-likeness (QED) is 0.819. The van der Waals surface area contributed by atoms with Gasteiger partial charge in [0.25, 0.3) is 5.91 Å². The van der Waals surface area contributed by atoms with Crippen LogP contribution in [0.2, 0.25) is 0 Å². The number of amides is 4. The molecule has 126 valence electrons. The Morgan fingerprint density at radius 2 is 1.96 bits per heavy atom. The number of benzene rings is 1. The van der Waals surface area contributed by atoms with Gasteiger partial charge >= 0.3 is 6.03 Å². The minimum Gasteiger partial charge on any atom is -0.338 e. The van der Waals surface area contributed by atoms with Crippen LogP contribution in [0, 0.1) is 5.92 Å². The van der Waals surface area contributed by atoms with Crippen LogP contribution in [0.25, 0.3) is 0 Å². The molecule has 1 aromatic rings. The van der Waals surface area contributed by atoms with Crippen LogP contribution in [0.1, 0.15) is 36.8 Å². The zero-order chi connectivity index (χ0) is 16.7. The van der Waals surface area contributed by atoms with Gasteiger partial charge in [-0.05, 0) is 42.7 Å². The Hall–Kier alpha value is -2.37. The van der Waals surface area contributed by atoms with E-state index in [9.17, 15) is 14.4 Å². The third-order valence-electron chi connectivity index (χ3n) is 5.46. The molecule has 0 bridgehead atoms. The largest absolute Gasteiger partial charge is 0.338 e. The molecule has 0 unspecified atom stereocenters. The molecule has 1 atom stereocenters. The van der Waals surface area contributed by atoms with Crippen molar-refractivity contribution >= 4 is 17.8 Å². The first-order chi connectivity index (χ1) is 11.6. The molecule has 6 nitrogen and oxygen atoms in total. The average molecular weight is 327 g/mol. The van der Waals surface area contributed by atoms with Crippen LogP contribution in [0.4, 0.5) is 4.79 Å². The van der Waals surface area contributed by atoms with E-state index < -0.39 is 11.6 Å². The van der Waals surface area contributed by atoms with Gasteiger partial charge in [-0.2, -0.15) is 0 Å². The summed E-state index contributed by atoms with van der Waals surface area (Å²) in [6, 6.07) is 7.75. The van der Waals surface area contributed by atoms with E-state index in [0.29, 0.717) is 19.5 Å². The highest BCUT2D eigenvalue weighted by Gasteiger charge is 2.55. The van der Waals surface area contributed by atoms with E-state index in [1.54, 1.807) is 0 Å². The van der Waals surface area contributed by atoms with Crippen molar-refractivity contribution in [2.45, 2.75) is 44.2 Å². The highest BCUT2D eigenvalue weighted by Crippen LogP contribution is 2.43. The maximum atomic E-state index is 12.6.